The van der Waals surface area contributed by atoms with Crippen molar-refractivity contribution in [3.63, 3.8) is 0 Å². The smallest absolute Gasteiger partial charge is 0.243 e. The molecule has 0 atom stereocenters. The molecular formula is C19H20Cl2N2O3S. The van der Waals surface area contributed by atoms with Crippen molar-refractivity contribution in [2.24, 2.45) is 0 Å². The number of rotatable bonds is 4. The Kier molecular flexibility index (Phi) is 6.11. The van der Waals surface area contributed by atoms with Crippen LogP contribution in [-0.2, 0) is 21.2 Å². The summed E-state index contributed by atoms with van der Waals surface area (Å²) in [5, 5.41) is 0.975. The topological polar surface area (TPSA) is 57.7 Å². The molecule has 0 aromatic heterocycles. The average Bonchev–Trinajstić information content (AvgIpc) is 2.64. The minimum atomic E-state index is -3.54. The standard InChI is InChI=1S/C19H20Cl2N2O3S/c1-14-2-6-17(7-3-14)27(25,26)23-10-8-22(9-11-23)19(24)12-15-4-5-16(20)13-18(15)21/h2-7,13H,8-12H2,1H3. The molecule has 3 rings (SSSR count). The van der Waals surface area contributed by atoms with Gasteiger partial charge >= 0.3 is 0 Å². The van der Waals surface area contributed by atoms with Crippen molar-refractivity contribution in [2.45, 2.75) is 18.2 Å². The van der Waals surface area contributed by atoms with E-state index in [0.29, 0.717) is 28.7 Å². The minimum Gasteiger partial charge on any atom is -0.340 e. The number of halogens is 2. The highest BCUT2D eigenvalue weighted by atomic mass is 35.5. The highest BCUT2D eigenvalue weighted by Crippen LogP contribution is 2.23. The number of hydrogen-bond donors (Lipinski definition) is 0. The van der Waals surface area contributed by atoms with Gasteiger partial charge in [-0.2, -0.15) is 4.31 Å². The molecule has 1 saturated heterocycles. The summed E-state index contributed by atoms with van der Waals surface area (Å²) in [6.07, 6.45) is 0.167. The van der Waals surface area contributed by atoms with Gasteiger partial charge in [0.15, 0.2) is 0 Å². The summed E-state index contributed by atoms with van der Waals surface area (Å²) in [5.74, 6) is -0.0772. The first-order chi connectivity index (χ1) is 12.8. The monoisotopic (exact) mass is 426 g/mol. The molecule has 1 aliphatic rings. The van der Waals surface area contributed by atoms with E-state index in [1.807, 2.05) is 6.92 Å². The lowest BCUT2D eigenvalue weighted by Crippen LogP contribution is -2.50. The van der Waals surface area contributed by atoms with Crippen LogP contribution in [0.2, 0.25) is 10.0 Å². The van der Waals surface area contributed by atoms with E-state index in [-0.39, 0.29) is 30.3 Å². The number of piperazine rings is 1. The molecule has 0 radical (unpaired) electrons. The Hall–Kier alpha value is -1.60. The van der Waals surface area contributed by atoms with E-state index < -0.39 is 10.0 Å². The van der Waals surface area contributed by atoms with Crippen LogP contribution in [0.3, 0.4) is 0 Å². The van der Waals surface area contributed by atoms with Crippen LogP contribution in [0.1, 0.15) is 11.1 Å². The third-order valence-electron chi connectivity index (χ3n) is 4.61. The number of benzene rings is 2. The van der Waals surface area contributed by atoms with Gasteiger partial charge in [-0.1, -0.05) is 47.0 Å². The van der Waals surface area contributed by atoms with Gasteiger partial charge in [0, 0.05) is 36.2 Å². The molecule has 0 aliphatic carbocycles. The molecule has 1 aliphatic heterocycles. The molecule has 5 nitrogen and oxygen atoms in total. The summed E-state index contributed by atoms with van der Waals surface area (Å²) in [5.41, 5.74) is 1.71. The number of carbonyl (C=O) groups is 1. The summed E-state index contributed by atoms with van der Waals surface area (Å²) in [4.78, 5) is 14.5. The molecule has 2 aromatic carbocycles. The second kappa shape index (κ2) is 8.19. The van der Waals surface area contributed by atoms with Crippen molar-refractivity contribution in [1.29, 1.82) is 0 Å². The van der Waals surface area contributed by atoms with Gasteiger partial charge in [-0.25, -0.2) is 8.42 Å². The van der Waals surface area contributed by atoms with Crippen LogP contribution in [0, 0.1) is 6.92 Å². The van der Waals surface area contributed by atoms with Gasteiger partial charge < -0.3 is 4.90 Å². The van der Waals surface area contributed by atoms with Gasteiger partial charge in [-0.05, 0) is 36.8 Å². The molecule has 2 aromatic rings. The minimum absolute atomic E-state index is 0.0772. The number of hydrogen-bond acceptors (Lipinski definition) is 3. The van der Waals surface area contributed by atoms with Gasteiger partial charge in [0.25, 0.3) is 0 Å². The quantitative estimate of drug-likeness (QED) is 0.752. The second-order valence-electron chi connectivity index (χ2n) is 6.51. The molecule has 0 bridgehead atoms. The first-order valence-corrected chi connectivity index (χ1v) is 10.8. The van der Waals surface area contributed by atoms with E-state index in [9.17, 15) is 13.2 Å². The first-order valence-electron chi connectivity index (χ1n) is 8.56. The molecule has 0 unspecified atom stereocenters. The Morgan fingerprint density at radius 1 is 1.00 bits per heavy atom. The van der Waals surface area contributed by atoms with Crippen molar-refractivity contribution in [2.75, 3.05) is 26.2 Å². The van der Waals surface area contributed by atoms with E-state index in [1.54, 1.807) is 47.4 Å². The molecule has 0 saturated carbocycles. The van der Waals surface area contributed by atoms with Gasteiger partial charge in [-0.15, -0.1) is 0 Å². The van der Waals surface area contributed by atoms with Crippen LogP contribution in [0.5, 0.6) is 0 Å². The Morgan fingerprint density at radius 3 is 2.22 bits per heavy atom. The van der Waals surface area contributed by atoms with E-state index in [0.717, 1.165) is 5.56 Å². The van der Waals surface area contributed by atoms with Crippen LogP contribution >= 0.6 is 23.2 Å². The van der Waals surface area contributed by atoms with Crippen molar-refractivity contribution < 1.29 is 13.2 Å². The third-order valence-corrected chi connectivity index (χ3v) is 7.11. The highest BCUT2D eigenvalue weighted by Gasteiger charge is 2.30. The summed E-state index contributed by atoms with van der Waals surface area (Å²) in [6.45, 7) is 3.17. The molecule has 1 amide bonds. The van der Waals surface area contributed by atoms with Crippen molar-refractivity contribution in [1.82, 2.24) is 9.21 Å². The largest absolute Gasteiger partial charge is 0.340 e. The predicted molar refractivity (Wildman–Crippen MR) is 107 cm³/mol. The van der Waals surface area contributed by atoms with Gasteiger partial charge in [0.2, 0.25) is 15.9 Å². The summed E-state index contributed by atoms with van der Waals surface area (Å²) >= 11 is 12.0. The van der Waals surface area contributed by atoms with Gasteiger partial charge in [-0.3, -0.25) is 4.79 Å². The molecule has 8 heteroatoms. The molecule has 27 heavy (non-hydrogen) atoms. The normalized spacial score (nSPS) is 15.7. The number of amides is 1. The van der Waals surface area contributed by atoms with E-state index >= 15 is 0 Å². The second-order valence-corrected chi connectivity index (χ2v) is 9.29. The SMILES string of the molecule is Cc1ccc(S(=O)(=O)N2CCN(C(=O)Cc3ccc(Cl)cc3Cl)CC2)cc1. The number of sulfonamides is 1. The molecule has 0 N–H and O–H groups in total. The molecule has 1 fully saturated rings. The van der Waals surface area contributed by atoms with Crippen molar-refractivity contribution >= 4 is 39.1 Å². The Morgan fingerprint density at radius 2 is 1.63 bits per heavy atom. The van der Waals surface area contributed by atoms with Crippen molar-refractivity contribution in [3.05, 3.63) is 63.6 Å². The number of nitrogens with zero attached hydrogens (tertiary/aromatic N) is 2. The number of aryl methyl sites for hydroxylation is 1. The van der Waals surface area contributed by atoms with Crippen molar-refractivity contribution in [3.8, 4) is 0 Å². The fourth-order valence-corrected chi connectivity index (χ4v) is 4.87. The van der Waals surface area contributed by atoms with Crippen LogP contribution in [0.15, 0.2) is 47.4 Å². The van der Waals surface area contributed by atoms with Gasteiger partial charge in [0.1, 0.15) is 0 Å². The lowest BCUT2D eigenvalue weighted by atomic mass is 10.1. The van der Waals surface area contributed by atoms with Crippen LogP contribution in [-0.4, -0.2) is 49.7 Å². The maximum atomic E-state index is 12.7. The zero-order chi connectivity index (χ0) is 19.6. The maximum Gasteiger partial charge on any atom is 0.243 e. The summed E-state index contributed by atoms with van der Waals surface area (Å²) in [6, 6.07) is 11.8. The molecule has 0 spiro atoms. The Bertz CT molecular complexity index is 938. The van der Waals surface area contributed by atoms with Crippen LogP contribution in [0.25, 0.3) is 0 Å². The highest BCUT2D eigenvalue weighted by molar-refractivity contribution is 7.89. The lowest BCUT2D eigenvalue weighted by Gasteiger charge is -2.34. The summed E-state index contributed by atoms with van der Waals surface area (Å²) in [7, 11) is -3.54. The van der Waals surface area contributed by atoms with E-state index in [4.69, 9.17) is 23.2 Å². The van der Waals surface area contributed by atoms with Crippen LogP contribution in [0.4, 0.5) is 0 Å². The van der Waals surface area contributed by atoms with Gasteiger partial charge in [0.05, 0.1) is 11.3 Å². The zero-order valence-corrected chi connectivity index (χ0v) is 17.2. The number of carbonyl (C=O) groups excluding carboxylic acids is 1. The van der Waals surface area contributed by atoms with E-state index in [2.05, 4.69) is 0 Å². The molecule has 1 heterocycles. The van der Waals surface area contributed by atoms with Crippen LogP contribution < -0.4 is 0 Å². The summed E-state index contributed by atoms with van der Waals surface area (Å²) < 4.78 is 26.9. The predicted octanol–water partition coefficient (Wildman–Crippen LogP) is 3.38. The lowest BCUT2D eigenvalue weighted by molar-refractivity contribution is -0.131. The molecular weight excluding hydrogens is 407 g/mol. The average molecular weight is 427 g/mol. The first kappa shape index (κ1) is 20.1. The third kappa shape index (κ3) is 4.63. The molecule has 144 valence electrons. The Balaban J connectivity index is 1.62. The maximum absolute atomic E-state index is 12.7. The fraction of sp³-hybridized carbons (Fsp3) is 0.316. The fourth-order valence-electron chi connectivity index (χ4n) is 2.98. The van der Waals surface area contributed by atoms with E-state index in [1.165, 1.54) is 4.31 Å². The Labute approximate surface area is 169 Å². The zero-order valence-electron chi connectivity index (χ0n) is 14.9.